The Labute approximate surface area is 96.0 Å². The van der Waals surface area contributed by atoms with E-state index >= 15 is 0 Å². The molecule has 0 aliphatic heterocycles. The van der Waals surface area contributed by atoms with Gasteiger partial charge in [0.15, 0.2) is 0 Å². The third-order valence-electron chi connectivity index (χ3n) is 3.55. The maximum absolute atomic E-state index is 5.57. The lowest BCUT2D eigenvalue weighted by Crippen LogP contribution is -2.11. The second-order valence-corrected chi connectivity index (χ2v) is 4.51. The van der Waals surface area contributed by atoms with Crippen LogP contribution in [-0.2, 0) is 11.2 Å². The first-order valence-electron chi connectivity index (χ1n) is 5.93. The Morgan fingerprint density at radius 1 is 1.12 bits per heavy atom. The lowest BCUT2D eigenvalue weighted by atomic mass is 9.87. The van der Waals surface area contributed by atoms with Gasteiger partial charge in [-0.25, -0.2) is 0 Å². The van der Waals surface area contributed by atoms with Crippen LogP contribution < -0.4 is 0 Å². The van der Waals surface area contributed by atoms with E-state index in [0.29, 0.717) is 6.10 Å². The Morgan fingerprint density at radius 2 is 1.88 bits per heavy atom. The van der Waals surface area contributed by atoms with E-state index in [4.69, 9.17) is 4.74 Å². The summed E-state index contributed by atoms with van der Waals surface area (Å²) in [4.78, 5) is 0. The van der Waals surface area contributed by atoms with Gasteiger partial charge in [0.2, 0.25) is 0 Å². The summed E-state index contributed by atoms with van der Waals surface area (Å²) in [6.45, 7) is 0. The van der Waals surface area contributed by atoms with Gasteiger partial charge in [-0.05, 0) is 47.2 Å². The summed E-state index contributed by atoms with van der Waals surface area (Å²) < 4.78 is 5.57. The van der Waals surface area contributed by atoms with Gasteiger partial charge in [-0.3, -0.25) is 0 Å². The molecule has 0 aromatic heterocycles. The minimum Gasteiger partial charge on any atom is -0.377 e. The largest absolute Gasteiger partial charge is 0.377 e. The van der Waals surface area contributed by atoms with Crippen molar-refractivity contribution in [2.45, 2.75) is 25.4 Å². The van der Waals surface area contributed by atoms with Crippen molar-refractivity contribution in [3.63, 3.8) is 0 Å². The molecule has 1 nitrogen and oxygen atoms in total. The maximum atomic E-state index is 5.57. The standard InChI is InChI=1S/C15H16O/c1-16-15-8-4-7-13-9-11-5-2-3-6-12(11)10-14(13)15/h2-3,5-6,9-10,15H,4,7-8H2,1H3. The van der Waals surface area contributed by atoms with Gasteiger partial charge < -0.3 is 4.74 Å². The number of fused-ring (bicyclic) bond motifs is 2. The molecule has 3 rings (SSSR count). The van der Waals surface area contributed by atoms with Crippen molar-refractivity contribution < 1.29 is 4.74 Å². The van der Waals surface area contributed by atoms with E-state index < -0.39 is 0 Å². The highest BCUT2D eigenvalue weighted by atomic mass is 16.5. The fourth-order valence-corrected chi connectivity index (χ4v) is 2.70. The molecule has 82 valence electrons. The highest BCUT2D eigenvalue weighted by molar-refractivity contribution is 5.84. The number of rotatable bonds is 1. The van der Waals surface area contributed by atoms with Crippen LogP contribution in [0.15, 0.2) is 36.4 Å². The van der Waals surface area contributed by atoms with Gasteiger partial charge in [0, 0.05) is 7.11 Å². The van der Waals surface area contributed by atoms with Crippen LogP contribution in [0.2, 0.25) is 0 Å². The van der Waals surface area contributed by atoms with Crippen LogP contribution in [0.5, 0.6) is 0 Å². The average Bonchev–Trinajstić information content (AvgIpc) is 2.35. The molecule has 0 N–H and O–H groups in total. The fraction of sp³-hybridized carbons (Fsp3) is 0.333. The van der Waals surface area contributed by atoms with E-state index in [1.807, 2.05) is 7.11 Å². The number of aryl methyl sites for hydroxylation is 1. The van der Waals surface area contributed by atoms with Gasteiger partial charge >= 0.3 is 0 Å². The fourth-order valence-electron chi connectivity index (χ4n) is 2.70. The lowest BCUT2D eigenvalue weighted by Gasteiger charge is -2.24. The molecule has 0 fully saturated rings. The number of ether oxygens (including phenoxy) is 1. The summed E-state index contributed by atoms with van der Waals surface area (Å²) in [5.74, 6) is 0. The number of benzene rings is 2. The normalized spacial score (nSPS) is 19.7. The molecule has 16 heavy (non-hydrogen) atoms. The van der Waals surface area contributed by atoms with Gasteiger partial charge in [0.05, 0.1) is 6.10 Å². The van der Waals surface area contributed by atoms with Crippen LogP contribution in [-0.4, -0.2) is 7.11 Å². The Hall–Kier alpha value is -1.34. The van der Waals surface area contributed by atoms with Gasteiger partial charge in [-0.2, -0.15) is 0 Å². The first-order chi connectivity index (χ1) is 7.88. The Morgan fingerprint density at radius 3 is 2.62 bits per heavy atom. The van der Waals surface area contributed by atoms with E-state index in [-0.39, 0.29) is 0 Å². The third-order valence-corrected chi connectivity index (χ3v) is 3.55. The minimum atomic E-state index is 0.299. The summed E-state index contributed by atoms with van der Waals surface area (Å²) >= 11 is 0. The highest BCUT2D eigenvalue weighted by Gasteiger charge is 2.19. The molecule has 0 radical (unpaired) electrons. The molecule has 1 unspecified atom stereocenters. The van der Waals surface area contributed by atoms with Gasteiger partial charge in [0.1, 0.15) is 0 Å². The molecule has 2 aromatic carbocycles. The van der Waals surface area contributed by atoms with Crippen LogP contribution >= 0.6 is 0 Å². The molecule has 2 aromatic rings. The molecule has 0 saturated heterocycles. The molecule has 1 heteroatoms. The van der Waals surface area contributed by atoms with Crippen LogP contribution in [0, 0.1) is 0 Å². The van der Waals surface area contributed by atoms with Crippen molar-refractivity contribution in [3.8, 4) is 0 Å². The Bertz CT molecular complexity index is 516. The molecule has 1 atom stereocenters. The second-order valence-electron chi connectivity index (χ2n) is 4.51. The molecule has 0 bridgehead atoms. The number of methoxy groups -OCH3 is 1. The first kappa shape index (κ1) is 9.86. The zero-order valence-corrected chi connectivity index (χ0v) is 9.57. The predicted molar refractivity (Wildman–Crippen MR) is 66.6 cm³/mol. The average molecular weight is 212 g/mol. The molecule has 1 aliphatic carbocycles. The highest BCUT2D eigenvalue weighted by Crippen LogP contribution is 2.34. The molecule has 0 amide bonds. The monoisotopic (exact) mass is 212 g/mol. The SMILES string of the molecule is COC1CCCc2cc3ccccc3cc21. The van der Waals surface area contributed by atoms with E-state index in [9.17, 15) is 0 Å². The van der Waals surface area contributed by atoms with Crippen molar-refractivity contribution in [2.24, 2.45) is 0 Å². The summed E-state index contributed by atoms with van der Waals surface area (Å²) in [5, 5.41) is 2.67. The summed E-state index contributed by atoms with van der Waals surface area (Å²) in [7, 11) is 1.81. The predicted octanol–water partition coefficient (Wildman–Crippen LogP) is 3.86. The summed E-state index contributed by atoms with van der Waals surface area (Å²) in [6.07, 6.45) is 3.89. The van der Waals surface area contributed by atoms with E-state index in [2.05, 4.69) is 36.4 Å². The molecule has 0 saturated carbocycles. The quantitative estimate of drug-likeness (QED) is 0.697. The van der Waals surface area contributed by atoms with Crippen LogP contribution in [0.1, 0.15) is 30.1 Å². The van der Waals surface area contributed by atoms with Gasteiger partial charge in [0.25, 0.3) is 0 Å². The minimum absolute atomic E-state index is 0.299. The lowest BCUT2D eigenvalue weighted by molar-refractivity contribution is 0.0882. The summed E-state index contributed by atoms with van der Waals surface area (Å²) in [6, 6.07) is 13.2. The molecular formula is C15H16O. The van der Waals surface area contributed by atoms with Gasteiger partial charge in [-0.1, -0.05) is 30.3 Å². The van der Waals surface area contributed by atoms with Crippen molar-refractivity contribution in [3.05, 3.63) is 47.5 Å². The van der Waals surface area contributed by atoms with Gasteiger partial charge in [-0.15, -0.1) is 0 Å². The smallest absolute Gasteiger partial charge is 0.0824 e. The third kappa shape index (κ3) is 1.52. The topological polar surface area (TPSA) is 9.23 Å². The van der Waals surface area contributed by atoms with E-state index in [1.54, 1.807) is 0 Å². The van der Waals surface area contributed by atoms with Crippen molar-refractivity contribution in [1.82, 2.24) is 0 Å². The molecule has 0 heterocycles. The maximum Gasteiger partial charge on any atom is 0.0824 e. The van der Waals surface area contributed by atoms with Crippen molar-refractivity contribution >= 4 is 10.8 Å². The van der Waals surface area contributed by atoms with Crippen molar-refractivity contribution in [2.75, 3.05) is 7.11 Å². The van der Waals surface area contributed by atoms with Crippen LogP contribution in [0.25, 0.3) is 10.8 Å². The number of hydrogen-bond acceptors (Lipinski definition) is 1. The van der Waals surface area contributed by atoms with E-state index in [1.165, 1.54) is 34.7 Å². The zero-order valence-electron chi connectivity index (χ0n) is 9.57. The van der Waals surface area contributed by atoms with Crippen LogP contribution in [0.4, 0.5) is 0 Å². The molecule has 1 aliphatic rings. The first-order valence-corrected chi connectivity index (χ1v) is 5.93. The Balaban J connectivity index is 2.21. The van der Waals surface area contributed by atoms with E-state index in [0.717, 1.165) is 6.42 Å². The number of hydrogen-bond donors (Lipinski definition) is 0. The summed E-state index contributed by atoms with van der Waals surface area (Å²) in [5.41, 5.74) is 2.87. The van der Waals surface area contributed by atoms with Crippen LogP contribution in [0.3, 0.4) is 0 Å². The molecular weight excluding hydrogens is 196 g/mol. The molecule has 0 spiro atoms. The second kappa shape index (κ2) is 3.91. The zero-order chi connectivity index (χ0) is 11.0. The van der Waals surface area contributed by atoms with Crippen molar-refractivity contribution in [1.29, 1.82) is 0 Å². The Kier molecular flexibility index (Phi) is 2.41.